The van der Waals surface area contributed by atoms with Gasteiger partial charge in [0.15, 0.2) is 5.11 Å². The summed E-state index contributed by atoms with van der Waals surface area (Å²) in [6, 6.07) is 5.90. The average Bonchev–Trinajstić information content (AvgIpc) is 2.66. The Bertz CT molecular complexity index is 760. The number of aromatic nitrogens is 2. The second-order valence-electron chi connectivity index (χ2n) is 4.74. The van der Waals surface area contributed by atoms with Crippen molar-refractivity contribution in [1.29, 1.82) is 0 Å². The van der Waals surface area contributed by atoms with Gasteiger partial charge >= 0.3 is 0 Å². The molecule has 8 heteroatoms. The molecular weight excluding hydrogens is 435 g/mol. The zero-order chi connectivity index (χ0) is 16.4. The van der Waals surface area contributed by atoms with Crippen LogP contribution >= 0.6 is 46.4 Å². The van der Waals surface area contributed by atoms with E-state index in [0.29, 0.717) is 10.7 Å². The van der Waals surface area contributed by atoms with Crippen molar-refractivity contribution in [2.75, 3.05) is 5.32 Å². The fourth-order valence-electron chi connectivity index (χ4n) is 1.96. The Kier molecular flexibility index (Phi) is 5.41. The summed E-state index contributed by atoms with van der Waals surface area (Å²) in [5.41, 5.74) is 2.76. The van der Waals surface area contributed by atoms with Crippen molar-refractivity contribution in [2.45, 2.75) is 13.8 Å². The molecule has 0 spiro atoms. The number of carbonyl (C=O) groups is 1. The van der Waals surface area contributed by atoms with Gasteiger partial charge < -0.3 is 5.32 Å². The molecule has 22 heavy (non-hydrogen) atoms. The number of rotatable bonds is 2. The fourth-order valence-corrected chi connectivity index (χ4v) is 3.06. The molecule has 0 fully saturated rings. The van der Waals surface area contributed by atoms with Crippen LogP contribution in [0.1, 0.15) is 21.7 Å². The van der Waals surface area contributed by atoms with Gasteiger partial charge in [0.25, 0.3) is 5.91 Å². The molecule has 0 aliphatic rings. The van der Waals surface area contributed by atoms with Crippen LogP contribution in [0.4, 0.5) is 5.69 Å². The topological polar surface area (TPSA) is 58.9 Å². The lowest BCUT2D eigenvalue weighted by Gasteiger charge is -2.12. The van der Waals surface area contributed by atoms with Crippen LogP contribution in [0.3, 0.4) is 0 Å². The number of hydrogen-bond donors (Lipinski definition) is 2. The predicted octanol–water partition coefficient (Wildman–Crippen LogP) is 3.42. The Labute approximate surface area is 152 Å². The average molecular weight is 449 g/mol. The molecule has 0 aliphatic carbocycles. The molecule has 1 aromatic carbocycles. The number of aryl methyl sites for hydroxylation is 3. The van der Waals surface area contributed by atoms with E-state index in [4.69, 9.17) is 23.8 Å². The maximum Gasteiger partial charge on any atom is 0.277 e. The first-order valence-corrected chi connectivity index (χ1v) is 8.23. The first kappa shape index (κ1) is 17.2. The highest BCUT2D eigenvalue weighted by Crippen LogP contribution is 2.20. The maximum atomic E-state index is 12.3. The Hall–Kier alpha value is -1.19. The summed E-state index contributed by atoms with van der Waals surface area (Å²) in [5, 5.41) is 10.3. The minimum Gasteiger partial charge on any atom is -0.332 e. The van der Waals surface area contributed by atoms with Crippen molar-refractivity contribution in [3.63, 3.8) is 0 Å². The zero-order valence-electron chi connectivity index (χ0n) is 12.2. The van der Waals surface area contributed by atoms with E-state index in [1.165, 1.54) is 4.68 Å². The molecule has 2 N–H and O–H groups in total. The Morgan fingerprint density at radius 3 is 2.64 bits per heavy atom. The molecule has 0 unspecified atom stereocenters. The summed E-state index contributed by atoms with van der Waals surface area (Å²) in [7, 11) is 1.66. The lowest BCUT2D eigenvalue weighted by atomic mass is 10.2. The van der Waals surface area contributed by atoms with Gasteiger partial charge in [-0.3, -0.25) is 14.8 Å². The molecule has 0 saturated carbocycles. The van der Waals surface area contributed by atoms with Gasteiger partial charge in [0.2, 0.25) is 0 Å². The van der Waals surface area contributed by atoms with Gasteiger partial charge in [-0.05, 0) is 72.4 Å². The third-order valence-corrected chi connectivity index (χ3v) is 4.36. The van der Waals surface area contributed by atoms with E-state index in [-0.39, 0.29) is 10.8 Å². The summed E-state index contributed by atoms with van der Waals surface area (Å²) in [6.07, 6.45) is 0. The third-order valence-electron chi connectivity index (χ3n) is 3.03. The fraction of sp³-hybridized carbons (Fsp3) is 0.214. The van der Waals surface area contributed by atoms with Crippen molar-refractivity contribution in [1.82, 2.24) is 15.1 Å². The Morgan fingerprint density at radius 1 is 1.41 bits per heavy atom. The Balaban J connectivity index is 2.10. The van der Waals surface area contributed by atoms with Gasteiger partial charge in [0.05, 0.1) is 10.7 Å². The molecule has 116 valence electrons. The molecule has 0 aliphatic heterocycles. The molecule has 2 aromatic rings. The summed E-state index contributed by atoms with van der Waals surface area (Å²) in [6.45, 7) is 3.71. The number of nitrogens with zero attached hydrogens (tertiary/aromatic N) is 2. The number of nitrogens with one attached hydrogen (secondary N) is 2. The van der Waals surface area contributed by atoms with E-state index < -0.39 is 5.91 Å². The monoisotopic (exact) mass is 448 g/mol. The lowest BCUT2D eigenvalue weighted by molar-refractivity contribution is 0.0968. The van der Waals surface area contributed by atoms with Crippen molar-refractivity contribution in [3.8, 4) is 0 Å². The van der Waals surface area contributed by atoms with Crippen LogP contribution in [0.25, 0.3) is 0 Å². The quantitative estimate of drug-likeness (QED) is 0.546. The minimum absolute atomic E-state index is 0.212. The smallest absolute Gasteiger partial charge is 0.277 e. The molecule has 2 rings (SSSR count). The summed E-state index contributed by atoms with van der Waals surface area (Å²) in [5.74, 6) is -0.395. The minimum atomic E-state index is -0.395. The molecule has 5 nitrogen and oxygen atoms in total. The van der Waals surface area contributed by atoms with Gasteiger partial charge in [0.1, 0.15) is 5.69 Å². The van der Waals surface area contributed by atoms with Crippen LogP contribution in [0.2, 0.25) is 5.02 Å². The number of benzene rings is 1. The van der Waals surface area contributed by atoms with Crippen LogP contribution in [-0.4, -0.2) is 20.8 Å². The van der Waals surface area contributed by atoms with Crippen LogP contribution in [0, 0.1) is 17.4 Å². The van der Waals surface area contributed by atoms with E-state index in [2.05, 4.69) is 38.3 Å². The van der Waals surface area contributed by atoms with Gasteiger partial charge in [-0.15, -0.1) is 0 Å². The molecule has 0 saturated heterocycles. The van der Waals surface area contributed by atoms with Crippen molar-refractivity contribution in [3.05, 3.63) is 43.7 Å². The molecular formula is C14H14ClIN4OS. The van der Waals surface area contributed by atoms with Gasteiger partial charge in [-0.2, -0.15) is 5.10 Å². The van der Waals surface area contributed by atoms with E-state index >= 15 is 0 Å². The van der Waals surface area contributed by atoms with E-state index in [1.54, 1.807) is 14.0 Å². The highest BCUT2D eigenvalue weighted by molar-refractivity contribution is 14.1. The molecule has 0 bridgehead atoms. The normalized spacial score (nSPS) is 10.4. The van der Waals surface area contributed by atoms with Crippen molar-refractivity contribution in [2.24, 2.45) is 7.05 Å². The summed E-state index contributed by atoms with van der Waals surface area (Å²) in [4.78, 5) is 12.3. The van der Waals surface area contributed by atoms with Crippen LogP contribution < -0.4 is 10.6 Å². The second-order valence-corrected chi connectivity index (χ2v) is 6.77. The number of halogens is 2. The second kappa shape index (κ2) is 6.93. The van der Waals surface area contributed by atoms with E-state index in [1.807, 2.05) is 25.1 Å². The maximum absolute atomic E-state index is 12.3. The number of anilines is 1. The highest BCUT2D eigenvalue weighted by atomic mass is 127. The third kappa shape index (κ3) is 3.76. The number of thiocarbonyl (C=S) groups is 1. The number of carbonyl (C=O) groups excluding carboxylic acids is 1. The lowest BCUT2D eigenvalue weighted by Crippen LogP contribution is -2.35. The van der Waals surface area contributed by atoms with Crippen LogP contribution in [0.5, 0.6) is 0 Å². The predicted molar refractivity (Wildman–Crippen MR) is 101 cm³/mol. The van der Waals surface area contributed by atoms with Gasteiger partial charge in [-0.25, -0.2) is 0 Å². The van der Waals surface area contributed by atoms with Crippen molar-refractivity contribution < 1.29 is 4.79 Å². The van der Waals surface area contributed by atoms with Gasteiger partial charge in [-0.1, -0.05) is 11.6 Å². The first-order valence-electron chi connectivity index (χ1n) is 6.37. The molecule has 1 amide bonds. The highest BCUT2D eigenvalue weighted by Gasteiger charge is 2.19. The molecule has 0 atom stereocenters. The van der Waals surface area contributed by atoms with E-state index in [0.717, 1.165) is 14.8 Å². The van der Waals surface area contributed by atoms with E-state index in [9.17, 15) is 4.79 Å². The van der Waals surface area contributed by atoms with Crippen LogP contribution in [-0.2, 0) is 7.05 Å². The summed E-state index contributed by atoms with van der Waals surface area (Å²) >= 11 is 13.5. The number of amides is 1. The largest absolute Gasteiger partial charge is 0.332 e. The summed E-state index contributed by atoms with van der Waals surface area (Å²) < 4.78 is 2.57. The molecule has 1 aromatic heterocycles. The van der Waals surface area contributed by atoms with Gasteiger partial charge in [0, 0.05) is 16.3 Å². The standard InChI is InChI=1S/C14H14ClIN4OS/c1-7-6-9(16)4-5-10(7)17-14(22)18-13(21)12-11(15)8(2)19-20(12)3/h4-6H,1-3H3,(H2,17,18,21,22). The molecule has 1 heterocycles. The Morgan fingerprint density at radius 2 is 2.09 bits per heavy atom. The number of hydrogen-bond acceptors (Lipinski definition) is 3. The van der Waals surface area contributed by atoms with Crippen molar-refractivity contribution >= 4 is 63.1 Å². The SMILES string of the molecule is Cc1cc(I)ccc1NC(=S)NC(=O)c1c(Cl)c(C)nn1C. The molecule has 0 radical (unpaired) electrons. The van der Waals surface area contributed by atoms with Crippen LogP contribution in [0.15, 0.2) is 18.2 Å². The first-order chi connectivity index (χ1) is 10.3. The zero-order valence-corrected chi connectivity index (χ0v) is 15.9.